The maximum atomic E-state index is 11.1. The summed E-state index contributed by atoms with van der Waals surface area (Å²) in [4.78, 5) is 11.1. The van der Waals surface area contributed by atoms with E-state index < -0.39 is 0 Å². The molecule has 0 aromatic heterocycles. The first kappa shape index (κ1) is 13.5. The average molecular weight is 228 g/mol. The predicted octanol–water partition coefficient (Wildman–Crippen LogP) is 2.37. The van der Waals surface area contributed by atoms with E-state index in [1.807, 2.05) is 6.92 Å². The number of carbonyl (C=O) groups is 1. The highest BCUT2D eigenvalue weighted by Gasteiger charge is 2.29. The van der Waals surface area contributed by atoms with Crippen LogP contribution in [0.15, 0.2) is 0 Å². The van der Waals surface area contributed by atoms with Gasteiger partial charge >= 0.3 is 5.97 Å². The largest absolute Gasteiger partial charge is 0.469 e. The maximum absolute atomic E-state index is 11.1. The lowest BCUT2D eigenvalue weighted by Crippen LogP contribution is -2.32. The van der Waals surface area contributed by atoms with Crippen LogP contribution in [0.4, 0.5) is 0 Å². The van der Waals surface area contributed by atoms with Crippen molar-refractivity contribution in [1.29, 1.82) is 0 Å². The highest BCUT2D eigenvalue weighted by atomic mass is 16.5. The number of aliphatic hydroxyl groups is 1. The molecule has 0 aliphatic heterocycles. The van der Waals surface area contributed by atoms with Crippen molar-refractivity contribution in [3.63, 3.8) is 0 Å². The number of hydrogen-bond acceptors (Lipinski definition) is 3. The molecule has 1 saturated carbocycles. The minimum absolute atomic E-state index is 0.00255. The summed E-state index contributed by atoms with van der Waals surface area (Å²) in [5.74, 6) is 0.847. The first-order valence-corrected chi connectivity index (χ1v) is 6.29. The summed E-state index contributed by atoms with van der Waals surface area (Å²) in [6, 6.07) is 0. The van der Waals surface area contributed by atoms with Crippen LogP contribution >= 0.6 is 0 Å². The highest BCUT2D eigenvalue weighted by molar-refractivity contribution is 5.69. The molecule has 0 aromatic rings. The van der Waals surface area contributed by atoms with Gasteiger partial charge in [0.05, 0.1) is 19.6 Å². The molecule has 1 N–H and O–H groups in total. The zero-order valence-electron chi connectivity index (χ0n) is 10.6. The average Bonchev–Trinajstić information content (AvgIpc) is 2.27. The van der Waals surface area contributed by atoms with E-state index in [-0.39, 0.29) is 18.0 Å². The normalized spacial score (nSPS) is 29.5. The fourth-order valence-corrected chi connectivity index (χ4v) is 2.72. The molecule has 0 aromatic carbocycles. The van der Waals surface area contributed by atoms with Crippen LogP contribution in [0.5, 0.6) is 0 Å². The number of esters is 1. The molecule has 1 fully saturated rings. The Bertz CT molecular complexity index is 227. The van der Waals surface area contributed by atoms with Crippen LogP contribution in [0.25, 0.3) is 0 Å². The van der Waals surface area contributed by atoms with E-state index in [0.29, 0.717) is 18.3 Å². The van der Waals surface area contributed by atoms with Crippen molar-refractivity contribution in [2.75, 3.05) is 7.11 Å². The van der Waals surface area contributed by atoms with Gasteiger partial charge in [-0.1, -0.05) is 26.7 Å². The molecule has 16 heavy (non-hydrogen) atoms. The smallest absolute Gasteiger partial charge is 0.305 e. The number of ether oxygens (including phenoxy) is 1. The van der Waals surface area contributed by atoms with E-state index >= 15 is 0 Å². The zero-order valence-corrected chi connectivity index (χ0v) is 10.6. The Morgan fingerprint density at radius 3 is 2.75 bits per heavy atom. The Morgan fingerprint density at radius 1 is 1.50 bits per heavy atom. The lowest BCUT2D eigenvalue weighted by atomic mass is 9.76. The molecule has 3 heteroatoms. The van der Waals surface area contributed by atoms with Crippen molar-refractivity contribution in [2.24, 2.45) is 17.8 Å². The van der Waals surface area contributed by atoms with E-state index in [9.17, 15) is 9.90 Å². The maximum Gasteiger partial charge on any atom is 0.305 e. The standard InChI is InChI=1S/C13H24O3/c1-9-5-4-6-11(7-9)13(15)10(2)8-12(14)16-3/h9-11,13,15H,4-8H2,1-3H3. The van der Waals surface area contributed by atoms with E-state index in [0.717, 1.165) is 12.8 Å². The van der Waals surface area contributed by atoms with Crippen LogP contribution in [-0.2, 0) is 9.53 Å². The van der Waals surface area contributed by atoms with E-state index in [4.69, 9.17) is 0 Å². The molecule has 0 bridgehead atoms. The van der Waals surface area contributed by atoms with Crippen molar-refractivity contribution >= 4 is 5.97 Å². The summed E-state index contributed by atoms with van der Waals surface area (Å²) in [6.45, 7) is 4.17. The summed E-state index contributed by atoms with van der Waals surface area (Å²) in [7, 11) is 1.39. The number of rotatable bonds is 4. The predicted molar refractivity (Wildman–Crippen MR) is 62.9 cm³/mol. The van der Waals surface area contributed by atoms with Gasteiger partial charge < -0.3 is 9.84 Å². The molecule has 4 unspecified atom stereocenters. The monoisotopic (exact) mass is 228 g/mol. The van der Waals surface area contributed by atoms with Crippen molar-refractivity contribution in [3.8, 4) is 0 Å². The third kappa shape index (κ3) is 3.78. The van der Waals surface area contributed by atoms with Crippen LogP contribution < -0.4 is 0 Å². The lowest BCUT2D eigenvalue weighted by Gasteiger charge is -2.33. The molecule has 0 radical (unpaired) electrons. The molecule has 4 atom stereocenters. The van der Waals surface area contributed by atoms with Gasteiger partial charge in [-0.15, -0.1) is 0 Å². The molecular weight excluding hydrogens is 204 g/mol. The number of carbonyl (C=O) groups excluding carboxylic acids is 1. The molecule has 1 aliphatic rings. The van der Waals surface area contributed by atoms with Gasteiger partial charge in [-0.3, -0.25) is 4.79 Å². The van der Waals surface area contributed by atoms with Crippen molar-refractivity contribution in [2.45, 2.75) is 52.1 Å². The van der Waals surface area contributed by atoms with Gasteiger partial charge in [0.15, 0.2) is 0 Å². The van der Waals surface area contributed by atoms with Gasteiger partial charge in [-0.25, -0.2) is 0 Å². The van der Waals surface area contributed by atoms with Crippen LogP contribution in [0, 0.1) is 17.8 Å². The fraction of sp³-hybridized carbons (Fsp3) is 0.923. The first-order valence-electron chi connectivity index (χ1n) is 6.29. The molecule has 1 rings (SSSR count). The Kier molecular flexibility index (Phi) is 5.26. The van der Waals surface area contributed by atoms with E-state index in [1.54, 1.807) is 0 Å². The van der Waals surface area contributed by atoms with Gasteiger partial charge in [-0.05, 0) is 30.6 Å². The van der Waals surface area contributed by atoms with Gasteiger partial charge in [0.25, 0.3) is 0 Å². The van der Waals surface area contributed by atoms with E-state index in [2.05, 4.69) is 11.7 Å². The van der Waals surface area contributed by atoms with Crippen LogP contribution in [-0.4, -0.2) is 24.3 Å². The fourth-order valence-electron chi connectivity index (χ4n) is 2.72. The number of hydrogen-bond donors (Lipinski definition) is 1. The highest BCUT2D eigenvalue weighted by Crippen LogP contribution is 2.33. The molecule has 3 nitrogen and oxygen atoms in total. The SMILES string of the molecule is COC(=O)CC(C)C(O)C1CCCC(C)C1. The lowest BCUT2D eigenvalue weighted by molar-refractivity contribution is -0.143. The minimum atomic E-state index is -0.359. The Hall–Kier alpha value is -0.570. The molecule has 0 saturated heterocycles. The minimum Gasteiger partial charge on any atom is -0.469 e. The second kappa shape index (κ2) is 6.24. The second-order valence-electron chi connectivity index (χ2n) is 5.28. The quantitative estimate of drug-likeness (QED) is 0.751. The molecule has 1 aliphatic carbocycles. The van der Waals surface area contributed by atoms with Crippen LogP contribution in [0.3, 0.4) is 0 Å². The molecule has 0 heterocycles. The molecule has 0 amide bonds. The van der Waals surface area contributed by atoms with Crippen molar-refractivity contribution in [1.82, 2.24) is 0 Å². The second-order valence-corrected chi connectivity index (χ2v) is 5.28. The summed E-state index contributed by atoms with van der Waals surface area (Å²) in [5, 5.41) is 10.2. The first-order chi connectivity index (χ1) is 7.54. The number of methoxy groups -OCH3 is 1. The third-order valence-electron chi connectivity index (χ3n) is 3.76. The number of aliphatic hydroxyl groups excluding tert-OH is 1. The van der Waals surface area contributed by atoms with Crippen molar-refractivity contribution < 1.29 is 14.6 Å². The van der Waals surface area contributed by atoms with Gasteiger partial charge in [0.1, 0.15) is 0 Å². The molecule has 94 valence electrons. The summed E-state index contributed by atoms with van der Waals surface area (Å²) >= 11 is 0. The summed E-state index contributed by atoms with van der Waals surface area (Å²) < 4.78 is 4.63. The van der Waals surface area contributed by atoms with Gasteiger partial charge in [0, 0.05) is 0 Å². The van der Waals surface area contributed by atoms with Gasteiger partial charge in [-0.2, -0.15) is 0 Å². The summed E-state index contributed by atoms with van der Waals surface area (Å²) in [6.07, 6.45) is 4.62. The zero-order chi connectivity index (χ0) is 12.1. The van der Waals surface area contributed by atoms with Gasteiger partial charge in [0.2, 0.25) is 0 Å². The summed E-state index contributed by atoms with van der Waals surface area (Å²) in [5.41, 5.74) is 0. The van der Waals surface area contributed by atoms with Crippen LogP contribution in [0.2, 0.25) is 0 Å². The van der Waals surface area contributed by atoms with Crippen molar-refractivity contribution in [3.05, 3.63) is 0 Å². The Morgan fingerprint density at radius 2 is 2.19 bits per heavy atom. The topological polar surface area (TPSA) is 46.5 Å². The molecular formula is C13H24O3. The Balaban J connectivity index is 2.42. The molecule has 0 spiro atoms. The Labute approximate surface area is 98.2 Å². The van der Waals surface area contributed by atoms with E-state index in [1.165, 1.54) is 20.0 Å². The third-order valence-corrected chi connectivity index (χ3v) is 3.76. The van der Waals surface area contributed by atoms with Crippen LogP contribution in [0.1, 0.15) is 46.0 Å².